The summed E-state index contributed by atoms with van der Waals surface area (Å²) in [6.07, 6.45) is 1.61. The molecule has 1 heterocycles. The molecule has 120 valence electrons. The summed E-state index contributed by atoms with van der Waals surface area (Å²) >= 11 is 0. The van der Waals surface area contributed by atoms with Gasteiger partial charge in [-0.1, -0.05) is 42.5 Å². The number of hydrogen-bond donors (Lipinski definition) is 2. The minimum Gasteiger partial charge on any atom is -0.366 e. The fraction of sp³-hybridized carbons (Fsp3) is 0.0556. The van der Waals surface area contributed by atoms with Crippen LogP contribution in [0, 0.1) is 0 Å². The Morgan fingerprint density at radius 1 is 0.958 bits per heavy atom. The Morgan fingerprint density at radius 2 is 1.71 bits per heavy atom. The first-order valence-electron chi connectivity index (χ1n) is 7.36. The molecular weight excluding hydrogens is 304 g/mol. The van der Waals surface area contributed by atoms with Gasteiger partial charge in [-0.05, 0) is 17.7 Å². The molecule has 0 fully saturated rings. The van der Waals surface area contributed by atoms with Gasteiger partial charge in [-0.15, -0.1) is 0 Å². The zero-order valence-electron chi connectivity index (χ0n) is 12.8. The molecule has 0 aliphatic heterocycles. The van der Waals surface area contributed by atoms with Crippen molar-refractivity contribution in [1.29, 1.82) is 0 Å². The lowest BCUT2D eigenvalue weighted by atomic mass is 10.1. The van der Waals surface area contributed by atoms with Crippen LogP contribution in [0.2, 0.25) is 0 Å². The number of rotatable bonds is 5. The van der Waals surface area contributed by atoms with Crippen LogP contribution in [0.15, 0.2) is 60.8 Å². The summed E-state index contributed by atoms with van der Waals surface area (Å²) in [6, 6.07) is 16.3. The largest absolute Gasteiger partial charge is 0.366 e. The van der Waals surface area contributed by atoms with Crippen molar-refractivity contribution in [3.63, 3.8) is 0 Å². The van der Waals surface area contributed by atoms with E-state index >= 15 is 0 Å². The zero-order valence-corrected chi connectivity index (χ0v) is 12.8. The Labute approximate surface area is 138 Å². The highest BCUT2D eigenvalue weighted by atomic mass is 16.1. The number of carbonyl (C=O) groups excluding carboxylic acids is 2. The molecule has 0 atom stereocenters. The SMILES string of the molecule is NC(=O)c1cccc(Cn2cc(C(N)=O)c(-c3ccccc3)n2)c1. The van der Waals surface area contributed by atoms with Gasteiger partial charge in [0.15, 0.2) is 0 Å². The van der Waals surface area contributed by atoms with Crippen LogP contribution < -0.4 is 11.5 Å². The second-order valence-electron chi connectivity index (χ2n) is 5.38. The van der Waals surface area contributed by atoms with E-state index in [9.17, 15) is 9.59 Å². The summed E-state index contributed by atoms with van der Waals surface area (Å²) in [6.45, 7) is 0.397. The lowest BCUT2D eigenvalue weighted by molar-refractivity contribution is 0.0992. The fourth-order valence-electron chi connectivity index (χ4n) is 2.50. The summed E-state index contributed by atoms with van der Waals surface area (Å²) in [5.41, 5.74) is 13.8. The Balaban J connectivity index is 1.97. The van der Waals surface area contributed by atoms with Crippen LogP contribution in [0.1, 0.15) is 26.3 Å². The number of carbonyl (C=O) groups is 2. The number of amides is 2. The van der Waals surface area contributed by atoms with E-state index in [4.69, 9.17) is 11.5 Å². The van der Waals surface area contributed by atoms with Crippen LogP contribution in [-0.2, 0) is 6.54 Å². The van der Waals surface area contributed by atoms with Crippen LogP contribution in [0.5, 0.6) is 0 Å². The van der Waals surface area contributed by atoms with E-state index in [0.717, 1.165) is 11.1 Å². The molecule has 0 saturated heterocycles. The number of nitrogens with zero attached hydrogens (tertiary/aromatic N) is 2. The van der Waals surface area contributed by atoms with Crippen molar-refractivity contribution in [2.75, 3.05) is 0 Å². The van der Waals surface area contributed by atoms with E-state index in [1.807, 2.05) is 36.4 Å². The lowest BCUT2D eigenvalue weighted by Crippen LogP contribution is -2.12. The lowest BCUT2D eigenvalue weighted by Gasteiger charge is -2.03. The highest BCUT2D eigenvalue weighted by Gasteiger charge is 2.15. The summed E-state index contributed by atoms with van der Waals surface area (Å²) in [7, 11) is 0. The highest BCUT2D eigenvalue weighted by molar-refractivity contribution is 5.98. The Hall–Kier alpha value is -3.41. The van der Waals surface area contributed by atoms with Gasteiger partial charge in [0.1, 0.15) is 5.69 Å². The Bertz CT molecular complexity index is 900. The van der Waals surface area contributed by atoms with Crippen LogP contribution >= 0.6 is 0 Å². The molecule has 6 nitrogen and oxygen atoms in total. The smallest absolute Gasteiger partial charge is 0.252 e. The number of primary amides is 2. The average molecular weight is 320 g/mol. The van der Waals surface area contributed by atoms with Gasteiger partial charge in [-0.3, -0.25) is 14.3 Å². The molecular formula is C18H16N4O2. The molecule has 2 aromatic carbocycles. The number of aromatic nitrogens is 2. The van der Waals surface area contributed by atoms with Crippen molar-refractivity contribution in [2.24, 2.45) is 11.5 Å². The topological polar surface area (TPSA) is 104 Å². The van der Waals surface area contributed by atoms with E-state index in [0.29, 0.717) is 23.4 Å². The minimum absolute atomic E-state index is 0.354. The first-order valence-corrected chi connectivity index (χ1v) is 7.36. The first kappa shape index (κ1) is 15.5. The Kier molecular flexibility index (Phi) is 4.11. The van der Waals surface area contributed by atoms with E-state index < -0.39 is 11.8 Å². The van der Waals surface area contributed by atoms with Gasteiger partial charge in [-0.25, -0.2) is 0 Å². The summed E-state index contributed by atoms with van der Waals surface area (Å²) in [5.74, 6) is -1.02. The molecule has 0 saturated carbocycles. The average Bonchev–Trinajstić information content (AvgIpc) is 3.00. The van der Waals surface area contributed by atoms with Gasteiger partial charge in [0, 0.05) is 17.3 Å². The quantitative estimate of drug-likeness (QED) is 0.749. The predicted molar refractivity (Wildman–Crippen MR) is 90.2 cm³/mol. The fourth-order valence-corrected chi connectivity index (χ4v) is 2.50. The van der Waals surface area contributed by atoms with Gasteiger partial charge < -0.3 is 11.5 Å². The van der Waals surface area contributed by atoms with Crippen LogP contribution in [0.25, 0.3) is 11.3 Å². The van der Waals surface area contributed by atoms with Gasteiger partial charge in [0.25, 0.3) is 5.91 Å². The van der Waals surface area contributed by atoms with Gasteiger partial charge >= 0.3 is 0 Å². The molecule has 1 aromatic heterocycles. The third-order valence-electron chi connectivity index (χ3n) is 3.63. The van der Waals surface area contributed by atoms with E-state index in [1.165, 1.54) is 0 Å². The molecule has 0 aliphatic carbocycles. The third-order valence-corrected chi connectivity index (χ3v) is 3.63. The normalized spacial score (nSPS) is 10.5. The summed E-state index contributed by atoms with van der Waals surface area (Å²) in [5, 5.41) is 4.47. The molecule has 0 aliphatic rings. The summed E-state index contributed by atoms with van der Waals surface area (Å²) in [4.78, 5) is 23.0. The minimum atomic E-state index is -0.536. The van der Waals surface area contributed by atoms with Crippen molar-refractivity contribution >= 4 is 11.8 Å². The maximum atomic E-state index is 11.7. The van der Waals surface area contributed by atoms with Crippen LogP contribution in [0.4, 0.5) is 0 Å². The van der Waals surface area contributed by atoms with E-state index in [2.05, 4.69) is 5.10 Å². The molecule has 3 rings (SSSR count). The van der Waals surface area contributed by atoms with Crippen molar-refractivity contribution in [3.8, 4) is 11.3 Å². The van der Waals surface area contributed by atoms with Gasteiger partial charge in [0.2, 0.25) is 5.91 Å². The highest BCUT2D eigenvalue weighted by Crippen LogP contribution is 2.22. The third kappa shape index (κ3) is 3.17. The molecule has 6 heteroatoms. The predicted octanol–water partition coefficient (Wildman–Crippen LogP) is 1.80. The van der Waals surface area contributed by atoms with Crippen molar-refractivity contribution < 1.29 is 9.59 Å². The maximum absolute atomic E-state index is 11.7. The van der Waals surface area contributed by atoms with E-state index in [1.54, 1.807) is 29.1 Å². The van der Waals surface area contributed by atoms with Crippen LogP contribution in [0.3, 0.4) is 0 Å². The maximum Gasteiger partial charge on any atom is 0.252 e. The first-order chi connectivity index (χ1) is 11.5. The van der Waals surface area contributed by atoms with Gasteiger partial charge in [-0.2, -0.15) is 5.10 Å². The standard InChI is InChI=1S/C18H16N4O2/c19-17(23)14-8-4-5-12(9-14)10-22-11-15(18(20)24)16(21-22)13-6-2-1-3-7-13/h1-9,11H,10H2,(H2,19,23)(H2,20,24). The Morgan fingerprint density at radius 3 is 2.38 bits per heavy atom. The van der Waals surface area contributed by atoms with Crippen molar-refractivity contribution in [2.45, 2.75) is 6.54 Å². The molecule has 2 amide bonds. The second-order valence-corrected chi connectivity index (χ2v) is 5.38. The molecule has 24 heavy (non-hydrogen) atoms. The molecule has 0 radical (unpaired) electrons. The molecule has 0 spiro atoms. The molecule has 4 N–H and O–H groups in total. The zero-order chi connectivity index (χ0) is 17.1. The number of hydrogen-bond acceptors (Lipinski definition) is 3. The van der Waals surface area contributed by atoms with Crippen molar-refractivity contribution in [1.82, 2.24) is 9.78 Å². The molecule has 0 bridgehead atoms. The van der Waals surface area contributed by atoms with Crippen LogP contribution in [-0.4, -0.2) is 21.6 Å². The molecule has 3 aromatic rings. The van der Waals surface area contributed by atoms with E-state index in [-0.39, 0.29) is 0 Å². The molecule has 0 unspecified atom stereocenters. The number of nitrogens with two attached hydrogens (primary N) is 2. The van der Waals surface area contributed by atoms with Gasteiger partial charge in [0.05, 0.1) is 12.1 Å². The number of benzene rings is 2. The second kappa shape index (κ2) is 6.37. The summed E-state index contributed by atoms with van der Waals surface area (Å²) < 4.78 is 1.63. The monoisotopic (exact) mass is 320 g/mol. The van der Waals surface area contributed by atoms with Crippen molar-refractivity contribution in [3.05, 3.63) is 77.5 Å².